The first-order valence-electron chi connectivity index (χ1n) is 5.09. The van der Waals surface area contributed by atoms with Crippen molar-refractivity contribution < 1.29 is 19.0 Å². The van der Waals surface area contributed by atoms with E-state index in [0.717, 1.165) is 13.0 Å². The SMILES string of the molecule is COCCCOCCNCC(=O)COC. The van der Waals surface area contributed by atoms with Gasteiger partial charge in [-0.05, 0) is 6.42 Å². The van der Waals surface area contributed by atoms with E-state index in [0.29, 0.717) is 26.3 Å². The Balaban J connectivity index is 3.01. The minimum absolute atomic E-state index is 0.0527. The van der Waals surface area contributed by atoms with Gasteiger partial charge in [0.15, 0.2) is 5.78 Å². The van der Waals surface area contributed by atoms with Crippen molar-refractivity contribution in [2.45, 2.75) is 6.42 Å². The number of rotatable bonds is 11. The van der Waals surface area contributed by atoms with Gasteiger partial charge >= 0.3 is 0 Å². The van der Waals surface area contributed by atoms with Crippen LogP contribution in [0.5, 0.6) is 0 Å². The number of ketones is 1. The van der Waals surface area contributed by atoms with Crippen molar-refractivity contribution in [1.29, 1.82) is 0 Å². The van der Waals surface area contributed by atoms with Crippen LogP contribution in [0, 0.1) is 0 Å². The smallest absolute Gasteiger partial charge is 0.172 e. The van der Waals surface area contributed by atoms with Crippen molar-refractivity contribution in [3.05, 3.63) is 0 Å². The Hall–Kier alpha value is -0.490. The van der Waals surface area contributed by atoms with E-state index < -0.39 is 0 Å². The lowest BCUT2D eigenvalue weighted by molar-refractivity contribution is -0.121. The van der Waals surface area contributed by atoms with E-state index in [1.165, 1.54) is 7.11 Å². The number of Topliss-reactive ketones (excluding diaryl/α,β-unsaturated/α-hetero) is 1. The molecule has 0 spiro atoms. The van der Waals surface area contributed by atoms with Gasteiger partial charge in [-0.1, -0.05) is 0 Å². The molecule has 0 radical (unpaired) electrons. The summed E-state index contributed by atoms with van der Waals surface area (Å²) < 4.78 is 14.9. The van der Waals surface area contributed by atoms with Crippen LogP contribution >= 0.6 is 0 Å². The molecule has 0 aromatic rings. The van der Waals surface area contributed by atoms with Crippen LogP contribution in [0.15, 0.2) is 0 Å². The second-order valence-electron chi connectivity index (χ2n) is 3.11. The molecular formula is C10H21NO4. The van der Waals surface area contributed by atoms with Gasteiger partial charge in [-0.25, -0.2) is 0 Å². The van der Waals surface area contributed by atoms with Crippen LogP contribution in [-0.4, -0.2) is 59.5 Å². The molecule has 0 aromatic carbocycles. The van der Waals surface area contributed by atoms with Gasteiger partial charge in [0.25, 0.3) is 0 Å². The molecule has 15 heavy (non-hydrogen) atoms. The number of hydrogen-bond acceptors (Lipinski definition) is 5. The van der Waals surface area contributed by atoms with Gasteiger partial charge in [-0.15, -0.1) is 0 Å². The maximum Gasteiger partial charge on any atom is 0.172 e. The summed E-state index contributed by atoms with van der Waals surface area (Å²) >= 11 is 0. The van der Waals surface area contributed by atoms with Gasteiger partial charge < -0.3 is 19.5 Å². The zero-order chi connectivity index (χ0) is 11.4. The molecule has 0 fully saturated rings. The van der Waals surface area contributed by atoms with Crippen molar-refractivity contribution >= 4 is 5.78 Å². The fourth-order valence-electron chi connectivity index (χ4n) is 0.992. The molecule has 0 aliphatic carbocycles. The molecule has 0 aromatic heterocycles. The average molecular weight is 219 g/mol. The summed E-state index contributed by atoms with van der Waals surface area (Å²) in [5.74, 6) is 0.0527. The third-order valence-electron chi connectivity index (χ3n) is 1.69. The highest BCUT2D eigenvalue weighted by Gasteiger charge is 1.98. The molecule has 0 atom stereocenters. The number of carbonyl (C=O) groups excluding carboxylic acids is 1. The van der Waals surface area contributed by atoms with Crippen molar-refractivity contribution in [2.75, 3.05) is 53.7 Å². The maximum atomic E-state index is 11.0. The van der Waals surface area contributed by atoms with Crippen LogP contribution in [0.25, 0.3) is 0 Å². The summed E-state index contributed by atoms with van der Waals surface area (Å²) in [6.45, 7) is 3.23. The molecule has 1 N–H and O–H groups in total. The van der Waals surface area contributed by atoms with E-state index in [2.05, 4.69) is 5.32 Å². The van der Waals surface area contributed by atoms with Crippen LogP contribution in [0.1, 0.15) is 6.42 Å². The maximum absolute atomic E-state index is 11.0. The average Bonchev–Trinajstić information content (AvgIpc) is 2.22. The second-order valence-corrected chi connectivity index (χ2v) is 3.11. The molecule has 0 aliphatic rings. The summed E-state index contributed by atoms with van der Waals surface area (Å²) in [6.07, 6.45) is 0.902. The van der Waals surface area contributed by atoms with Crippen molar-refractivity contribution in [3.8, 4) is 0 Å². The van der Waals surface area contributed by atoms with Crippen molar-refractivity contribution in [2.24, 2.45) is 0 Å². The Morgan fingerprint density at radius 2 is 1.93 bits per heavy atom. The zero-order valence-corrected chi connectivity index (χ0v) is 9.58. The van der Waals surface area contributed by atoms with Gasteiger partial charge in [-0.2, -0.15) is 0 Å². The van der Waals surface area contributed by atoms with E-state index in [1.54, 1.807) is 7.11 Å². The fourth-order valence-corrected chi connectivity index (χ4v) is 0.992. The van der Waals surface area contributed by atoms with Crippen LogP contribution in [0.4, 0.5) is 0 Å². The fraction of sp³-hybridized carbons (Fsp3) is 0.900. The number of methoxy groups -OCH3 is 2. The molecule has 0 saturated heterocycles. The first kappa shape index (κ1) is 14.5. The Kier molecular flexibility index (Phi) is 11.2. The molecule has 0 heterocycles. The highest BCUT2D eigenvalue weighted by molar-refractivity contribution is 5.81. The molecule has 0 saturated carbocycles. The molecule has 5 nitrogen and oxygen atoms in total. The van der Waals surface area contributed by atoms with Gasteiger partial charge in [0.2, 0.25) is 0 Å². The molecule has 0 aliphatic heterocycles. The van der Waals surface area contributed by atoms with Crippen LogP contribution in [0.3, 0.4) is 0 Å². The number of ether oxygens (including phenoxy) is 3. The highest BCUT2D eigenvalue weighted by Crippen LogP contribution is 1.82. The molecule has 0 bridgehead atoms. The van der Waals surface area contributed by atoms with Gasteiger partial charge in [0.05, 0.1) is 13.2 Å². The number of hydrogen-bond donors (Lipinski definition) is 1. The summed E-state index contributed by atoms with van der Waals surface area (Å²) in [5, 5.41) is 2.98. The Labute approximate surface area is 91.1 Å². The molecule has 0 amide bonds. The zero-order valence-electron chi connectivity index (χ0n) is 9.58. The van der Waals surface area contributed by atoms with Gasteiger partial charge in [0.1, 0.15) is 6.61 Å². The predicted octanol–water partition coefficient (Wildman–Crippen LogP) is -0.155. The van der Waals surface area contributed by atoms with Crippen molar-refractivity contribution in [1.82, 2.24) is 5.32 Å². The van der Waals surface area contributed by atoms with Gasteiger partial charge in [0, 0.05) is 34.0 Å². The largest absolute Gasteiger partial charge is 0.385 e. The lowest BCUT2D eigenvalue weighted by Gasteiger charge is -2.05. The van der Waals surface area contributed by atoms with E-state index in [9.17, 15) is 4.79 Å². The molecule has 5 heteroatoms. The third-order valence-corrected chi connectivity index (χ3v) is 1.69. The third kappa shape index (κ3) is 11.4. The van der Waals surface area contributed by atoms with Crippen molar-refractivity contribution in [3.63, 3.8) is 0 Å². The van der Waals surface area contributed by atoms with Gasteiger partial charge in [-0.3, -0.25) is 4.79 Å². The highest BCUT2D eigenvalue weighted by atomic mass is 16.5. The van der Waals surface area contributed by atoms with Crippen LogP contribution in [-0.2, 0) is 19.0 Å². The number of nitrogens with one attached hydrogen (secondary N) is 1. The molecule has 0 unspecified atom stereocenters. The summed E-state index contributed by atoms with van der Waals surface area (Å²) in [7, 11) is 3.18. The normalized spacial score (nSPS) is 10.5. The van der Waals surface area contributed by atoms with Crippen LogP contribution in [0.2, 0.25) is 0 Å². The topological polar surface area (TPSA) is 56.8 Å². The lowest BCUT2D eigenvalue weighted by atomic mass is 10.4. The lowest BCUT2D eigenvalue weighted by Crippen LogP contribution is -2.28. The minimum Gasteiger partial charge on any atom is -0.385 e. The minimum atomic E-state index is 0.0527. The predicted molar refractivity (Wildman–Crippen MR) is 57.1 cm³/mol. The summed E-state index contributed by atoms with van der Waals surface area (Å²) in [4.78, 5) is 11.0. The van der Waals surface area contributed by atoms with E-state index >= 15 is 0 Å². The van der Waals surface area contributed by atoms with E-state index in [4.69, 9.17) is 14.2 Å². The standard InChI is InChI=1S/C10H21NO4/c1-13-5-3-6-15-7-4-11-8-10(12)9-14-2/h11H,3-9H2,1-2H3. The number of carbonyl (C=O) groups is 1. The molecular weight excluding hydrogens is 198 g/mol. The van der Waals surface area contributed by atoms with Crippen LogP contribution < -0.4 is 5.32 Å². The molecule has 0 rings (SSSR count). The summed E-state index contributed by atoms with van der Waals surface area (Å²) in [5.41, 5.74) is 0. The Morgan fingerprint density at radius 3 is 2.60 bits per heavy atom. The molecule has 90 valence electrons. The summed E-state index contributed by atoms with van der Waals surface area (Å²) in [6, 6.07) is 0. The second kappa shape index (κ2) is 11.6. The van der Waals surface area contributed by atoms with E-state index in [-0.39, 0.29) is 12.4 Å². The first-order valence-corrected chi connectivity index (χ1v) is 5.09. The van der Waals surface area contributed by atoms with E-state index in [1.807, 2.05) is 0 Å². The Morgan fingerprint density at radius 1 is 1.13 bits per heavy atom. The monoisotopic (exact) mass is 219 g/mol. The Bertz CT molecular complexity index is 152. The quantitative estimate of drug-likeness (QED) is 0.490. The first-order chi connectivity index (χ1) is 7.31.